The molecule has 0 spiro atoms. The van der Waals surface area contributed by atoms with E-state index < -0.39 is 22.1 Å². The van der Waals surface area contributed by atoms with Crippen molar-refractivity contribution >= 4 is 15.7 Å². The molecule has 118 valence electrons. The summed E-state index contributed by atoms with van der Waals surface area (Å²) >= 11 is 0. The summed E-state index contributed by atoms with van der Waals surface area (Å²) < 4.78 is 65.0. The van der Waals surface area contributed by atoms with Crippen molar-refractivity contribution in [3.63, 3.8) is 0 Å². The normalized spacial score (nSPS) is 20.6. The Labute approximate surface area is 120 Å². The zero-order valence-electron chi connectivity index (χ0n) is 11.3. The van der Waals surface area contributed by atoms with Gasteiger partial charge in [0.2, 0.25) is 0 Å². The molecule has 0 aromatic carbocycles. The average Bonchev–Trinajstić information content (AvgIpc) is 2.37. The molecule has 0 radical (unpaired) electrons. The molecule has 5 nitrogen and oxygen atoms in total. The Bertz CT molecular complexity index is 587. The Morgan fingerprint density at radius 1 is 1.43 bits per heavy atom. The van der Waals surface area contributed by atoms with Gasteiger partial charge in [-0.2, -0.15) is 13.2 Å². The van der Waals surface area contributed by atoms with Crippen molar-refractivity contribution in [1.82, 2.24) is 4.98 Å². The van der Waals surface area contributed by atoms with E-state index in [0.717, 1.165) is 6.26 Å². The Kier molecular flexibility index (Phi) is 4.43. The number of sulfone groups is 1. The van der Waals surface area contributed by atoms with Crippen LogP contribution in [0.25, 0.3) is 0 Å². The summed E-state index contributed by atoms with van der Waals surface area (Å²) in [7, 11) is -3.17. The van der Waals surface area contributed by atoms with Crippen molar-refractivity contribution in [2.75, 3.05) is 30.9 Å². The molecule has 1 aliphatic heterocycles. The first kappa shape index (κ1) is 16.0. The third kappa shape index (κ3) is 4.57. The Hall–Kier alpha value is -1.35. The van der Waals surface area contributed by atoms with Crippen molar-refractivity contribution in [3.05, 3.63) is 23.9 Å². The second kappa shape index (κ2) is 5.80. The fourth-order valence-electron chi connectivity index (χ4n) is 2.05. The number of aromatic nitrogens is 1. The van der Waals surface area contributed by atoms with E-state index >= 15 is 0 Å². The number of pyridine rings is 1. The SMILES string of the molecule is CS(=O)(=O)Cc1ccc(N2CCOC(C(F)(F)F)C2)nc1. The predicted molar refractivity (Wildman–Crippen MR) is 70.8 cm³/mol. The molecule has 1 aromatic heterocycles. The molecule has 1 atom stereocenters. The van der Waals surface area contributed by atoms with Crippen molar-refractivity contribution < 1.29 is 26.3 Å². The Morgan fingerprint density at radius 3 is 2.67 bits per heavy atom. The van der Waals surface area contributed by atoms with Crippen LogP contribution in [0.4, 0.5) is 19.0 Å². The van der Waals surface area contributed by atoms with Gasteiger partial charge in [-0.1, -0.05) is 6.07 Å². The lowest BCUT2D eigenvalue weighted by Crippen LogP contribution is -2.49. The Morgan fingerprint density at radius 2 is 2.14 bits per heavy atom. The molecule has 1 unspecified atom stereocenters. The molecule has 2 rings (SSSR count). The topological polar surface area (TPSA) is 59.5 Å². The third-order valence-electron chi connectivity index (χ3n) is 2.99. The molecule has 0 aliphatic carbocycles. The molecule has 0 amide bonds. The van der Waals surface area contributed by atoms with E-state index in [4.69, 9.17) is 4.74 Å². The molecule has 0 bridgehead atoms. The van der Waals surface area contributed by atoms with Gasteiger partial charge in [-0.05, 0) is 11.6 Å². The highest BCUT2D eigenvalue weighted by Crippen LogP contribution is 2.27. The minimum absolute atomic E-state index is 0.0308. The van der Waals surface area contributed by atoms with Crippen LogP contribution in [-0.4, -0.2) is 51.6 Å². The second-order valence-electron chi connectivity index (χ2n) is 4.94. The zero-order valence-corrected chi connectivity index (χ0v) is 12.1. The monoisotopic (exact) mass is 324 g/mol. The first-order chi connectivity index (χ1) is 9.65. The Balaban J connectivity index is 2.08. The largest absolute Gasteiger partial charge is 0.416 e. The lowest BCUT2D eigenvalue weighted by atomic mass is 10.2. The van der Waals surface area contributed by atoms with E-state index in [1.807, 2.05) is 0 Å². The molecule has 0 N–H and O–H groups in total. The number of halogens is 3. The van der Waals surface area contributed by atoms with E-state index in [0.29, 0.717) is 17.9 Å². The number of nitrogens with zero attached hydrogens (tertiary/aromatic N) is 2. The van der Waals surface area contributed by atoms with Crippen LogP contribution in [0, 0.1) is 0 Å². The van der Waals surface area contributed by atoms with Crippen LogP contribution in [-0.2, 0) is 20.3 Å². The highest BCUT2D eigenvalue weighted by Gasteiger charge is 2.43. The standard InChI is InChI=1S/C12H15F3N2O3S/c1-21(18,19)8-9-2-3-11(16-6-9)17-4-5-20-10(7-17)12(13,14)15/h2-3,6,10H,4-5,7-8H2,1H3. The number of hydrogen-bond acceptors (Lipinski definition) is 5. The lowest BCUT2D eigenvalue weighted by Gasteiger charge is -2.34. The molecule has 0 saturated carbocycles. The van der Waals surface area contributed by atoms with Gasteiger partial charge in [-0.3, -0.25) is 0 Å². The molecule has 1 aromatic rings. The van der Waals surface area contributed by atoms with Gasteiger partial charge in [0.15, 0.2) is 15.9 Å². The van der Waals surface area contributed by atoms with Crippen molar-refractivity contribution in [2.24, 2.45) is 0 Å². The van der Waals surface area contributed by atoms with Crippen molar-refractivity contribution in [3.8, 4) is 0 Å². The summed E-state index contributed by atoms with van der Waals surface area (Å²) in [5, 5.41) is 0. The van der Waals surface area contributed by atoms with Gasteiger partial charge >= 0.3 is 6.18 Å². The highest BCUT2D eigenvalue weighted by atomic mass is 32.2. The quantitative estimate of drug-likeness (QED) is 0.841. The molecule has 1 fully saturated rings. The lowest BCUT2D eigenvalue weighted by molar-refractivity contribution is -0.221. The van der Waals surface area contributed by atoms with Gasteiger partial charge in [-0.25, -0.2) is 13.4 Å². The summed E-state index contributed by atoms with van der Waals surface area (Å²) in [6, 6.07) is 3.08. The van der Waals surface area contributed by atoms with E-state index in [2.05, 4.69) is 4.98 Å². The van der Waals surface area contributed by atoms with Gasteiger partial charge in [0.25, 0.3) is 0 Å². The molecule has 9 heteroatoms. The maximum Gasteiger partial charge on any atom is 0.416 e. The summed E-state index contributed by atoms with van der Waals surface area (Å²) in [6.45, 7) is -0.0378. The van der Waals surface area contributed by atoms with E-state index in [1.54, 1.807) is 6.07 Å². The van der Waals surface area contributed by atoms with Crippen LogP contribution in [0.5, 0.6) is 0 Å². The fraction of sp³-hybridized carbons (Fsp3) is 0.583. The van der Waals surface area contributed by atoms with Crippen LogP contribution in [0.2, 0.25) is 0 Å². The second-order valence-corrected chi connectivity index (χ2v) is 7.08. The molecule has 2 heterocycles. The zero-order chi connectivity index (χ0) is 15.7. The van der Waals surface area contributed by atoms with Gasteiger partial charge in [0, 0.05) is 19.0 Å². The van der Waals surface area contributed by atoms with Gasteiger partial charge in [-0.15, -0.1) is 0 Å². The van der Waals surface area contributed by atoms with Crippen LogP contribution < -0.4 is 4.90 Å². The van der Waals surface area contributed by atoms with Crippen LogP contribution in [0.1, 0.15) is 5.56 Å². The van der Waals surface area contributed by atoms with Crippen LogP contribution in [0.15, 0.2) is 18.3 Å². The smallest absolute Gasteiger partial charge is 0.365 e. The number of anilines is 1. The van der Waals surface area contributed by atoms with Gasteiger partial charge in [0.05, 0.1) is 18.9 Å². The maximum absolute atomic E-state index is 12.6. The molecular formula is C12H15F3N2O3S. The molecule has 1 saturated heterocycles. The number of ether oxygens (including phenoxy) is 1. The first-order valence-corrected chi connectivity index (χ1v) is 8.27. The first-order valence-electron chi connectivity index (χ1n) is 6.21. The van der Waals surface area contributed by atoms with Crippen molar-refractivity contribution in [1.29, 1.82) is 0 Å². The summed E-state index contributed by atoms with van der Waals surface area (Å²) in [5.74, 6) is 0.235. The molecule has 21 heavy (non-hydrogen) atoms. The van der Waals surface area contributed by atoms with E-state index in [-0.39, 0.29) is 18.9 Å². The number of alkyl halides is 3. The molecular weight excluding hydrogens is 309 g/mol. The third-order valence-corrected chi connectivity index (χ3v) is 3.85. The summed E-state index contributed by atoms with van der Waals surface area (Å²) in [4.78, 5) is 5.52. The number of hydrogen-bond donors (Lipinski definition) is 0. The molecule has 1 aliphatic rings. The van der Waals surface area contributed by atoms with Gasteiger partial charge in [0.1, 0.15) is 5.82 Å². The number of rotatable bonds is 3. The summed E-state index contributed by atoms with van der Waals surface area (Å²) in [6.07, 6.45) is -3.76. The minimum Gasteiger partial charge on any atom is -0.365 e. The number of morpholine rings is 1. The summed E-state index contributed by atoms with van der Waals surface area (Å²) in [5.41, 5.74) is 0.502. The fourth-order valence-corrected chi connectivity index (χ4v) is 2.82. The predicted octanol–water partition coefficient (Wildman–Crippen LogP) is 1.39. The van der Waals surface area contributed by atoms with Crippen LogP contribution >= 0.6 is 0 Å². The van der Waals surface area contributed by atoms with E-state index in [9.17, 15) is 21.6 Å². The average molecular weight is 324 g/mol. The minimum atomic E-state index is -4.41. The maximum atomic E-state index is 12.6. The highest BCUT2D eigenvalue weighted by molar-refractivity contribution is 7.89. The van der Waals surface area contributed by atoms with E-state index in [1.165, 1.54) is 17.2 Å². The van der Waals surface area contributed by atoms with Crippen molar-refractivity contribution in [2.45, 2.75) is 18.0 Å². The van der Waals surface area contributed by atoms with Gasteiger partial charge < -0.3 is 9.64 Å². The van der Waals surface area contributed by atoms with Crippen LogP contribution in [0.3, 0.4) is 0 Å².